The van der Waals surface area contributed by atoms with Crippen LogP contribution in [0.2, 0.25) is 0 Å². The van der Waals surface area contributed by atoms with Gasteiger partial charge < -0.3 is 4.74 Å². The van der Waals surface area contributed by atoms with Gasteiger partial charge in [-0.1, -0.05) is 6.92 Å². The molecule has 4 aliphatic carbocycles. The highest BCUT2D eigenvalue weighted by atomic mass is 16.6. The second-order valence-electron chi connectivity index (χ2n) is 6.96. The van der Waals surface area contributed by atoms with E-state index in [2.05, 4.69) is 6.92 Å². The van der Waals surface area contributed by atoms with Crippen LogP contribution in [-0.2, 0) is 4.74 Å². The number of epoxide rings is 1. The summed E-state index contributed by atoms with van der Waals surface area (Å²) < 4.78 is 5.64. The highest BCUT2D eigenvalue weighted by Gasteiger charge is 2.61. The SMILES string of the molecule is CC12CC3CC(C1)CC(C1CO1)(C3)C2. The highest BCUT2D eigenvalue weighted by molar-refractivity contribution is 5.10. The quantitative estimate of drug-likeness (QED) is 0.582. The first-order chi connectivity index (χ1) is 6.68. The molecule has 14 heavy (non-hydrogen) atoms. The molecule has 1 aliphatic heterocycles. The van der Waals surface area contributed by atoms with Gasteiger partial charge in [0.2, 0.25) is 0 Å². The molecule has 0 N–H and O–H groups in total. The van der Waals surface area contributed by atoms with E-state index in [0.29, 0.717) is 16.9 Å². The van der Waals surface area contributed by atoms with E-state index in [1.165, 1.54) is 32.1 Å². The van der Waals surface area contributed by atoms with Crippen LogP contribution >= 0.6 is 0 Å². The maximum absolute atomic E-state index is 5.64. The van der Waals surface area contributed by atoms with E-state index in [-0.39, 0.29) is 0 Å². The van der Waals surface area contributed by atoms with Gasteiger partial charge in [-0.25, -0.2) is 0 Å². The topological polar surface area (TPSA) is 12.5 Å². The molecule has 5 rings (SSSR count). The van der Waals surface area contributed by atoms with E-state index in [4.69, 9.17) is 4.74 Å². The fourth-order valence-electron chi connectivity index (χ4n) is 5.58. The predicted octanol–water partition coefficient (Wildman–Crippen LogP) is 2.99. The van der Waals surface area contributed by atoms with Crippen LogP contribution in [0.3, 0.4) is 0 Å². The van der Waals surface area contributed by atoms with Crippen LogP contribution in [-0.4, -0.2) is 12.7 Å². The average molecular weight is 192 g/mol. The van der Waals surface area contributed by atoms with Crippen molar-refractivity contribution in [3.8, 4) is 0 Å². The lowest BCUT2D eigenvalue weighted by atomic mass is 9.44. The molecule has 1 saturated heterocycles. The van der Waals surface area contributed by atoms with Crippen LogP contribution in [0.25, 0.3) is 0 Å². The van der Waals surface area contributed by atoms with Crippen LogP contribution in [0, 0.1) is 22.7 Å². The fraction of sp³-hybridized carbons (Fsp3) is 1.00. The molecule has 1 nitrogen and oxygen atoms in total. The number of rotatable bonds is 1. The molecule has 0 amide bonds. The summed E-state index contributed by atoms with van der Waals surface area (Å²) in [5.74, 6) is 2.12. The van der Waals surface area contributed by atoms with Gasteiger partial charge in [0, 0.05) is 0 Å². The smallest absolute Gasteiger partial charge is 0.0866 e. The molecule has 4 saturated carbocycles. The second-order valence-corrected chi connectivity index (χ2v) is 6.96. The molecule has 0 aromatic heterocycles. The van der Waals surface area contributed by atoms with E-state index < -0.39 is 0 Å². The summed E-state index contributed by atoms with van der Waals surface area (Å²) in [5.41, 5.74) is 1.36. The van der Waals surface area contributed by atoms with Gasteiger partial charge in [-0.2, -0.15) is 0 Å². The van der Waals surface area contributed by atoms with Gasteiger partial charge in [-0.05, 0) is 61.2 Å². The molecule has 78 valence electrons. The first-order valence-electron chi connectivity index (χ1n) is 6.29. The first kappa shape index (κ1) is 8.15. The molecule has 5 fully saturated rings. The number of hydrogen-bond acceptors (Lipinski definition) is 1. The van der Waals surface area contributed by atoms with E-state index in [1.807, 2.05) is 0 Å². The van der Waals surface area contributed by atoms with Gasteiger partial charge in [-0.15, -0.1) is 0 Å². The zero-order valence-corrected chi connectivity index (χ0v) is 9.09. The lowest BCUT2D eigenvalue weighted by Gasteiger charge is -2.61. The molecule has 3 unspecified atom stereocenters. The van der Waals surface area contributed by atoms with E-state index in [0.717, 1.165) is 18.4 Å². The maximum atomic E-state index is 5.64. The first-order valence-corrected chi connectivity index (χ1v) is 6.29. The van der Waals surface area contributed by atoms with E-state index in [1.54, 1.807) is 6.42 Å². The van der Waals surface area contributed by atoms with Gasteiger partial charge in [0.05, 0.1) is 12.7 Å². The summed E-state index contributed by atoms with van der Waals surface area (Å²) in [6, 6.07) is 0. The van der Waals surface area contributed by atoms with Crippen molar-refractivity contribution in [1.82, 2.24) is 0 Å². The van der Waals surface area contributed by atoms with Gasteiger partial charge in [0.1, 0.15) is 0 Å². The Morgan fingerprint density at radius 1 is 1.07 bits per heavy atom. The second kappa shape index (κ2) is 2.21. The van der Waals surface area contributed by atoms with Crippen LogP contribution in [0.5, 0.6) is 0 Å². The minimum absolute atomic E-state index is 0.652. The minimum atomic E-state index is 0.652. The third kappa shape index (κ3) is 0.946. The van der Waals surface area contributed by atoms with Crippen molar-refractivity contribution in [2.45, 2.75) is 51.6 Å². The van der Waals surface area contributed by atoms with Crippen molar-refractivity contribution in [2.75, 3.05) is 6.61 Å². The largest absolute Gasteiger partial charge is 0.373 e. The molecule has 4 bridgehead atoms. The third-order valence-corrected chi connectivity index (χ3v) is 5.42. The van der Waals surface area contributed by atoms with Crippen LogP contribution in [0.15, 0.2) is 0 Å². The molecule has 1 heteroatoms. The fourth-order valence-corrected chi connectivity index (χ4v) is 5.58. The van der Waals surface area contributed by atoms with Crippen LogP contribution in [0.1, 0.15) is 45.4 Å². The maximum Gasteiger partial charge on any atom is 0.0866 e. The monoisotopic (exact) mass is 192 g/mol. The van der Waals surface area contributed by atoms with Gasteiger partial charge in [-0.3, -0.25) is 0 Å². The predicted molar refractivity (Wildman–Crippen MR) is 55.0 cm³/mol. The average Bonchev–Trinajstić information content (AvgIpc) is 2.78. The van der Waals surface area contributed by atoms with Crippen molar-refractivity contribution in [2.24, 2.45) is 22.7 Å². The normalized spacial score (nSPS) is 64.5. The summed E-state index contributed by atoms with van der Waals surface area (Å²) in [6.07, 6.45) is 9.76. The van der Waals surface area contributed by atoms with Crippen molar-refractivity contribution < 1.29 is 4.74 Å². The Balaban J connectivity index is 1.75. The molecule has 0 aromatic carbocycles. The molecule has 5 aliphatic rings. The van der Waals surface area contributed by atoms with Gasteiger partial charge in [0.25, 0.3) is 0 Å². The Morgan fingerprint density at radius 3 is 2.21 bits per heavy atom. The van der Waals surface area contributed by atoms with Gasteiger partial charge in [0.15, 0.2) is 0 Å². The van der Waals surface area contributed by atoms with E-state index >= 15 is 0 Å². The molecule has 1 heterocycles. The lowest BCUT2D eigenvalue weighted by Crippen LogP contribution is -2.52. The molecule has 0 aromatic rings. The molecular formula is C13H20O. The lowest BCUT2D eigenvalue weighted by molar-refractivity contribution is -0.112. The molecule has 0 spiro atoms. The summed E-state index contributed by atoms with van der Waals surface area (Å²) in [5, 5.41) is 0. The van der Waals surface area contributed by atoms with E-state index in [9.17, 15) is 0 Å². The summed E-state index contributed by atoms with van der Waals surface area (Å²) in [7, 11) is 0. The van der Waals surface area contributed by atoms with Crippen LogP contribution in [0.4, 0.5) is 0 Å². The Hall–Kier alpha value is -0.0400. The van der Waals surface area contributed by atoms with Crippen molar-refractivity contribution >= 4 is 0 Å². The molecule has 0 radical (unpaired) electrons. The molecular weight excluding hydrogens is 172 g/mol. The number of hydrogen-bond donors (Lipinski definition) is 0. The Morgan fingerprint density at radius 2 is 1.71 bits per heavy atom. The molecule has 3 atom stereocenters. The zero-order valence-electron chi connectivity index (χ0n) is 9.09. The summed E-state index contributed by atoms with van der Waals surface area (Å²) >= 11 is 0. The zero-order chi connectivity index (χ0) is 9.39. The summed E-state index contributed by atoms with van der Waals surface area (Å²) in [4.78, 5) is 0. The highest BCUT2D eigenvalue weighted by Crippen LogP contribution is 2.67. The third-order valence-electron chi connectivity index (χ3n) is 5.42. The standard InChI is InChI=1S/C13H20O/c1-12-3-9-2-10(4-12)6-13(5-9,8-12)11-7-14-11/h9-11H,2-8H2,1H3. The minimum Gasteiger partial charge on any atom is -0.373 e. The van der Waals surface area contributed by atoms with Crippen LogP contribution < -0.4 is 0 Å². The summed E-state index contributed by atoms with van der Waals surface area (Å²) in [6.45, 7) is 3.62. The Kier molecular flexibility index (Phi) is 1.29. The Bertz CT molecular complexity index is 265. The van der Waals surface area contributed by atoms with Gasteiger partial charge >= 0.3 is 0 Å². The van der Waals surface area contributed by atoms with Crippen molar-refractivity contribution in [1.29, 1.82) is 0 Å². The van der Waals surface area contributed by atoms with Crippen molar-refractivity contribution in [3.05, 3.63) is 0 Å². The van der Waals surface area contributed by atoms with Crippen molar-refractivity contribution in [3.63, 3.8) is 0 Å². The number of ether oxygens (including phenoxy) is 1. The Labute approximate surface area is 86.2 Å².